The number of amides is 1. The van der Waals surface area contributed by atoms with Gasteiger partial charge in [-0.1, -0.05) is 0 Å². The van der Waals surface area contributed by atoms with Crippen LogP contribution in [0.15, 0.2) is 12.1 Å². The van der Waals surface area contributed by atoms with Gasteiger partial charge in [0.15, 0.2) is 0 Å². The summed E-state index contributed by atoms with van der Waals surface area (Å²) in [6.45, 7) is 2.73. The number of carbonyl (C=O) groups is 2. The number of carbonyl (C=O) groups excluding carboxylic acids is 1. The van der Waals surface area contributed by atoms with Gasteiger partial charge in [0.2, 0.25) is 5.82 Å². The molecule has 0 aliphatic carbocycles. The first-order valence-corrected chi connectivity index (χ1v) is 5.71. The summed E-state index contributed by atoms with van der Waals surface area (Å²) in [5.74, 6) is -4.97. The first-order chi connectivity index (χ1) is 9.53. The minimum atomic E-state index is -1.48. The van der Waals surface area contributed by atoms with Crippen molar-refractivity contribution in [1.82, 2.24) is 5.32 Å². The van der Waals surface area contributed by atoms with Crippen LogP contribution >= 0.6 is 0 Å². The molecular weight excluding hydrogens is 290 g/mol. The summed E-state index contributed by atoms with van der Waals surface area (Å²) in [4.78, 5) is 31.9. The summed E-state index contributed by atoms with van der Waals surface area (Å²) in [5, 5.41) is 21.4. The van der Waals surface area contributed by atoms with Crippen LogP contribution in [0.1, 0.15) is 30.6 Å². The Kier molecular flexibility index (Phi) is 4.56. The largest absolute Gasteiger partial charge is 0.481 e. The SMILES string of the molecule is CC(C)(CC(=O)O)NC(=O)c1cc(F)cc([N+](=O)[O-])c1F. The highest BCUT2D eigenvalue weighted by Gasteiger charge is 2.29. The van der Waals surface area contributed by atoms with E-state index in [1.807, 2.05) is 0 Å². The first-order valence-electron chi connectivity index (χ1n) is 5.71. The van der Waals surface area contributed by atoms with E-state index in [0.29, 0.717) is 12.1 Å². The van der Waals surface area contributed by atoms with Crippen LogP contribution in [-0.4, -0.2) is 27.4 Å². The molecule has 21 heavy (non-hydrogen) atoms. The maximum Gasteiger partial charge on any atom is 0.308 e. The van der Waals surface area contributed by atoms with Crippen molar-refractivity contribution in [3.8, 4) is 0 Å². The fraction of sp³-hybridized carbons (Fsp3) is 0.333. The Bertz CT molecular complexity index is 616. The Hall–Kier alpha value is -2.58. The number of halogens is 2. The minimum absolute atomic E-state index is 0.356. The van der Waals surface area contributed by atoms with Crippen molar-refractivity contribution < 1.29 is 28.4 Å². The van der Waals surface area contributed by atoms with Crippen LogP contribution in [0.4, 0.5) is 14.5 Å². The second-order valence-electron chi connectivity index (χ2n) is 4.95. The zero-order chi connectivity index (χ0) is 16.4. The fourth-order valence-electron chi connectivity index (χ4n) is 1.67. The Morgan fingerprint density at radius 3 is 2.43 bits per heavy atom. The van der Waals surface area contributed by atoms with Crippen molar-refractivity contribution in [3.63, 3.8) is 0 Å². The predicted molar refractivity (Wildman–Crippen MR) is 66.8 cm³/mol. The minimum Gasteiger partial charge on any atom is -0.481 e. The summed E-state index contributed by atoms with van der Waals surface area (Å²) in [6, 6.07) is 0.864. The quantitative estimate of drug-likeness (QED) is 0.637. The second kappa shape index (κ2) is 5.81. The molecule has 1 aromatic carbocycles. The number of hydrogen-bond donors (Lipinski definition) is 2. The lowest BCUT2D eigenvalue weighted by molar-refractivity contribution is -0.387. The van der Waals surface area contributed by atoms with E-state index in [1.165, 1.54) is 13.8 Å². The lowest BCUT2D eigenvalue weighted by Crippen LogP contribution is -2.45. The van der Waals surface area contributed by atoms with Gasteiger partial charge in [-0.25, -0.2) is 4.39 Å². The number of benzene rings is 1. The van der Waals surface area contributed by atoms with Crippen LogP contribution < -0.4 is 5.32 Å². The van der Waals surface area contributed by atoms with Gasteiger partial charge in [0.1, 0.15) is 5.82 Å². The van der Waals surface area contributed by atoms with Crippen LogP contribution in [0, 0.1) is 21.7 Å². The van der Waals surface area contributed by atoms with E-state index in [4.69, 9.17) is 5.11 Å². The average molecular weight is 302 g/mol. The molecule has 7 nitrogen and oxygen atoms in total. The molecule has 9 heteroatoms. The van der Waals surface area contributed by atoms with E-state index in [0.717, 1.165) is 0 Å². The molecule has 0 aliphatic rings. The van der Waals surface area contributed by atoms with Crippen molar-refractivity contribution in [2.75, 3.05) is 0 Å². The third kappa shape index (κ3) is 4.20. The Morgan fingerprint density at radius 2 is 1.95 bits per heavy atom. The molecule has 0 aliphatic heterocycles. The summed E-state index contributed by atoms with van der Waals surface area (Å²) in [7, 11) is 0. The molecule has 0 radical (unpaired) electrons. The molecule has 1 rings (SSSR count). The number of carboxylic acid groups (broad SMARTS) is 1. The molecule has 0 saturated heterocycles. The third-order valence-electron chi connectivity index (χ3n) is 2.50. The van der Waals surface area contributed by atoms with Crippen molar-refractivity contribution in [3.05, 3.63) is 39.4 Å². The first kappa shape index (κ1) is 16.5. The number of carboxylic acids is 1. The molecule has 0 spiro atoms. The number of aliphatic carboxylic acids is 1. The molecule has 0 saturated carbocycles. The molecule has 1 aromatic rings. The van der Waals surface area contributed by atoms with E-state index in [2.05, 4.69) is 5.32 Å². The lowest BCUT2D eigenvalue weighted by atomic mass is 10.00. The van der Waals surface area contributed by atoms with E-state index < -0.39 is 51.6 Å². The highest BCUT2D eigenvalue weighted by molar-refractivity contribution is 5.96. The lowest BCUT2D eigenvalue weighted by Gasteiger charge is -2.24. The van der Waals surface area contributed by atoms with Gasteiger partial charge in [-0.3, -0.25) is 19.7 Å². The van der Waals surface area contributed by atoms with Crippen molar-refractivity contribution >= 4 is 17.6 Å². The van der Waals surface area contributed by atoms with Crippen LogP contribution in [0.2, 0.25) is 0 Å². The number of rotatable bonds is 5. The molecule has 1 amide bonds. The highest BCUT2D eigenvalue weighted by atomic mass is 19.1. The van der Waals surface area contributed by atoms with Gasteiger partial charge in [0.05, 0.1) is 23.0 Å². The highest BCUT2D eigenvalue weighted by Crippen LogP contribution is 2.23. The van der Waals surface area contributed by atoms with Gasteiger partial charge in [-0.05, 0) is 19.9 Å². The topological polar surface area (TPSA) is 110 Å². The van der Waals surface area contributed by atoms with Crippen LogP contribution in [0.3, 0.4) is 0 Å². The maximum absolute atomic E-state index is 13.8. The van der Waals surface area contributed by atoms with Gasteiger partial charge >= 0.3 is 11.7 Å². The zero-order valence-corrected chi connectivity index (χ0v) is 11.1. The van der Waals surface area contributed by atoms with Gasteiger partial charge in [0.25, 0.3) is 5.91 Å². The fourth-order valence-corrected chi connectivity index (χ4v) is 1.67. The molecule has 0 fully saturated rings. The molecule has 0 atom stereocenters. The summed E-state index contributed by atoms with van der Waals surface area (Å²) in [5.41, 5.74) is -3.27. The maximum atomic E-state index is 13.8. The normalized spacial score (nSPS) is 11.0. The van der Waals surface area contributed by atoms with Gasteiger partial charge < -0.3 is 10.4 Å². The van der Waals surface area contributed by atoms with Crippen molar-refractivity contribution in [2.24, 2.45) is 0 Å². The van der Waals surface area contributed by atoms with Crippen LogP contribution in [0.5, 0.6) is 0 Å². The number of hydrogen-bond acceptors (Lipinski definition) is 4. The zero-order valence-electron chi connectivity index (χ0n) is 11.1. The van der Waals surface area contributed by atoms with E-state index >= 15 is 0 Å². The van der Waals surface area contributed by atoms with E-state index in [1.54, 1.807) is 0 Å². The standard InChI is InChI=1S/C12H12F2N2O5/c1-12(2,5-9(17)18)15-11(19)7-3-6(13)4-8(10(7)14)16(20)21/h3-4H,5H2,1-2H3,(H,15,19)(H,17,18). The monoisotopic (exact) mass is 302 g/mol. The van der Waals surface area contributed by atoms with Crippen LogP contribution in [-0.2, 0) is 4.79 Å². The number of nitro groups is 1. The summed E-state index contributed by atoms with van der Waals surface area (Å²) < 4.78 is 27.0. The molecule has 0 unspecified atom stereocenters. The molecule has 0 bridgehead atoms. The van der Waals surface area contributed by atoms with Crippen LogP contribution in [0.25, 0.3) is 0 Å². The smallest absolute Gasteiger partial charge is 0.308 e. The van der Waals surface area contributed by atoms with E-state index in [-0.39, 0.29) is 0 Å². The van der Waals surface area contributed by atoms with Crippen molar-refractivity contribution in [2.45, 2.75) is 25.8 Å². The molecule has 114 valence electrons. The van der Waals surface area contributed by atoms with Gasteiger partial charge in [-0.2, -0.15) is 4.39 Å². The molecule has 0 heterocycles. The van der Waals surface area contributed by atoms with Gasteiger partial charge in [0, 0.05) is 5.54 Å². The van der Waals surface area contributed by atoms with Crippen molar-refractivity contribution in [1.29, 1.82) is 0 Å². The van der Waals surface area contributed by atoms with Gasteiger partial charge in [-0.15, -0.1) is 0 Å². The number of nitrogens with one attached hydrogen (secondary N) is 1. The Labute approximate surface area is 117 Å². The molecular formula is C12H12F2N2O5. The number of nitrogens with zero attached hydrogens (tertiary/aromatic N) is 1. The second-order valence-corrected chi connectivity index (χ2v) is 4.95. The van der Waals surface area contributed by atoms with E-state index in [9.17, 15) is 28.5 Å². The predicted octanol–water partition coefficient (Wildman–Crippen LogP) is 1.86. The molecule has 0 aromatic heterocycles. The molecule has 2 N–H and O–H groups in total. The summed E-state index contributed by atoms with van der Waals surface area (Å²) >= 11 is 0. The Morgan fingerprint density at radius 1 is 1.38 bits per heavy atom. The average Bonchev–Trinajstić information content (AvgIpc) is 2.28. The third-order valence-corrected chi connectivity index (χ3v) is 2.50. The number of nitro benzene ring substituents is 1. The summed E-state index contributed by atoms with van der Waals surface area (Å²) in [6.07, 6.45) is -0.461. The Balaban J connectivity index is 3.14.